The topological polar surface area (TPSA) is 46.3 Å². The fourth-order valence-corrected chi connectivity index (χ4v) is 2.98. The molecule has 4 heteroatoms. The van der Waals surface area contributed by atoms with E-state index >= 15 is 0 Å². The van der Waals surface area contributed by atoms with Gasteiger partial charge in [0.25, 0.3) is 0 Å². The second-order valence-corrected chi connectivity index (χ2v) is 5.89. The maximum atomic E-state index is 11.4. The number of nitrogens with two attached hydrogens (primary N) is 1. The maximum absolute atomic E-state index is 11.4. The number of carbonyl (C=O) groups is 1. The number of rotatable bonds is 3. The van der Waals surface area contributed by atoms with Gasteiger partial charge in [0.05, 0.1) is 0 Å². The molecule has 0 bridgehead atoms. The monoisotopic (exact) mass is 250 g/mol. The molecule has 1 heterocycles. The number of fused-ring (bicyclic) bond motifs is 1. The van der Waals surface area contributed by atoms with Crippen LogP contribution in [-0.4, -0.2) is 24.2 Å². The second kappa shape index (κ2) is 5.10. The number of carbonyl (C=O) groups excluding carboxylic acids is 1. The first-order chi connectivity index (χ1) is 8.11. The maximum Gasteiger partial charge on any atom is 0.223 e. The van der Waals surface area contributed by atoms with Crippen molar-refractivity contribution in [2.75, 3.05) is 18.0 Å². The number of amides is 1. The Morgan fingerprint density at radius 3 is 3.00 bits per heavy atom. The number of anilines is 1. The molecular formula is C13H18N2OS. The van der Waals surface area contributed by atoms with Crippen LogP contribution in [0.4, 0.5) is 5.69 Å². The summed E-state index contributed by atoms with van der Waals surface area (Å²) in [6.45, 7) is 5.24. The summed E-state index contributed by atoms with van der Waals surface area (Å²) in [5.41, 5.74) is 7.96. The third kappa shape index (κ3) is 2.64. The molecule has 0 saturated heterocycles. The molecule has 3 nitrogen and oxygen atoms in total. The molecule has 0 spiro atoms. The molecule has 1 amide bonds. The molecule has 17 heavy (non-hydrogen) atoms. The summed E-state index contributed by atoms with van der Waals surface area (Å²) in [5.74, 6) is 0.125. The van der Waals surface area contributed by atoms with Crippen LogP contribution in [0.1, 0.15) is 19.4 Å². The summed E-state index contributed by atoms with van der Waals surface area (Å²) in [5, 5.41) is 0.429. The lowest BCUT2D eigenvalue weighted by Gasteiger charge is -2.15. The summed E-state index contributed by atoms with van der Waals surface area (Å²) in [7, 11) is 0. The molecule has 0 radical (unpaired) electrons. The Labute approximate surface area is 106 Å². The van der Waals surface area contributed by atoms with Gasteiger partial charge in [-0.15, -0.1) is 11.8 Å². The molecule has 2 N–H and O–H groups in total. The molecular weight excluding hydrogens is 232 g/mol. The zero-order valence-electron chi connectivity index (χ0n) is 10.3. The Balaban J connectivity index is 2.19. The SMILES string of the molecule is CC(=O)N1CCc2cc(SC(C)CN)ccc21. The number of benzene rings is 1. The molecule has 1 unspecified atom stereocenters. The summed E-state index contributed by atoms with van der Waals surface area (Å²) >= 11 is 1.79. The molecule has 2 rings (SSSR count). The molecule has 0 saturated carbocycles. The lowest BCUT2D eigenvalue weighted by atomic mass is 10.2. The van der Waals surface area contributed by atoms with Crippen molar-refractivity contribution in [3.63, 3.8) is 0 Å². The van der Waals surface area contributed by atoms with E-state index < -0.39 is 0 Å². The van der Waals surface area contributed by atoms with Crippen molar-refractivity contribution in [1.29, 1.82) is 0 Å². The molecule has 1 aromatic carbocycles. The van der Waals surface area contributed by atoms with Crippen molar-refractivity contribution in [2.24, 2.45) is 5.73 Å². The Bertz CT molecular complexity index is 433. The van der Waals surface area contributed by atoms with Crippen molar-refractivity contribution < 1.29 is 4.79 Å². The van der Waals surface area contributed by atoms with Crippen LogP contribution in [0.15, 0.2) is 23.1 Å². The predicted molar refractivity (Wildman–Crippen MR) is 72.5 cm³/mol. The lowest BCUT2D eigenvalue weighted by Crippen LogP contribution is -2.25. The first-order valence-electron chi connectivity index (χ1n) is 5.89. The Morgan fingerprint density at radius 1 is 1.59 bits per heavy atom. The zero-order chi connectivity index (χ0) is 12.4. The van der Waals surface area contributed by atoms with Crippen molar-refractivity contribution >= 4 is 23.4 Å². The van der Waals surface area contributed by atoms with E-state index in [0.29, 0.717) is 11.8 Å². The third-order valence-electron chi connectivity index (χ3n) is 3.00. The molecule has 1 aliphatic heterocycles. The number of hydrogen-bond acceptors (Lipinski definition) is 3. The van der Waals surface area contributed by atoms with Gasteiger partial charge in [-0.3, -0.25) is 4.79 Å². The summed E-state index contributed by atoms with van der Waals surface area (Å²) in [6.07, 6.45) is 0.959. The van der Waals surface area contributed by atoms with Gasteiger partial charge >= 0.3 is 0 Å². The molecule has 92 valence electrons. The van der Waals surface area contributed by atoms with Gasteiger partial charge in [0.2, 0.25) is 5.91 Å². The van der Waals surface area contributed by atoms with Gasteiger partial charge in [-0.2, -0.15) is 0 Å². The minimum atomic E-state index is 0.125. The van der Waals surface area contributed by atoms with Crippen LogP contribution in [0, 0.1) is 0 Å². The molecule has 1 atom stereocenters. The average molecular weight is 250 g/mol. The van der Waals surface area contributed by atoms with Gasteiger partial charge < -0.3 is 10.6 Å². The van der Waals surface area contributed by atoms with Crippen LogP contribution in [0.3, 0.4) is 0 Å². The highest BCUT2D eigenvalue weighted by Crippen LogP contribution is 2.33. The smallest absolute Gasteiger partial charge is 0.223 e. The molecule has 0 aliphatic carbocycles. The van der Waals surface area contributed by atoms with Gasteiger partial charge in [0.15, 0.2) is 0 Å². The Hall–Kier alpha value is -1.00. The molecule has 0 aromatic heterocycles. The van der Waals surface area contributed by atoms with E-state index in [9.17, 15) is 4.79 Å². The van der Waals surface area contributed by atoms with Crippen LogP contribution >= 0.6 is 11.8 Å². The van der Waals surface area contributed by atoms with Crippen LogP contribution in [0.2, 0.25) is 0 Å². The predicted octanol–water partition coefficient (Wildman–Crippen LogP) is 2.03. The van der Waals surface area contributed by atoms with Gasteiger partial charge in [-0.05, 0) is 30.2 Å². The molecule has 1 aliphatic rings. The standard InChI is InChI=1S/C13H18N2OS/c1-9(8-14)17-12-3-4-13-11(7-12)5-6-15(13)10(2)16/h3-4,7,9H,5-6,8,14H2,1-2H3. The van der Waals surface area contributed by atoms with E-state index in [1.54, 1.807) is 18.7 Å². The van der Waals surface area contributed by atoms with E-state index in [4.69, 9.17) is 5.73 Å². The van der Waals surface area contributed by atoms with E-state index in [-0.39, 0.29) is 5.91 Å². The van der Waals surface area contributed by atoms with Gasteiger partial charge in [0.1, 0.15) is 0 Å². The van der Waals surface area contributed by atoms with E-state index in [1.165, 1.54) is 10.5 Å². The minimum absolute atomic E-state index is 0.125. The fourth-order valence-electron chi connectivity index (χ4n) is 2.06. The summed E-state index contributed by atoms with van der Waals surface area (Å²) < 4.78 is 0. The van der Waals surface area contributed by atoms with Crippen molar-refractivity contribution in [3.8, 4) is 0 Å². The minimum Gasteiger partial charge on any atom is -0.329 e. The highest BCUT2D eigenvalue weighted by atomic mass is 32.2. The summed E-state index contributed by atoms with van der Waals surface area (Å²) in [4.78, 5) is 14.5. The van der Waals surface area contributed by atoms with Crippen LogP contribution < -0.4 is 10.6 Å². The van der Waals surface area contributed by atoms with Gasteiger partial charge in [-0.25, -0.2) is 0 Å². The van der Waals surface area contributed by atoms with Gasteiger partial charge in [-0.1, -0.05) is 6.92 Å². The quantitative estimate of drug-likeness (QED) is 0.835. The number of thioether (sulfide) groups is 1. The summed E-state index contributed by atoms with van der Waals surface area (Å²) in [6, 6.07) is 6.32. The van der Waals surface area contributed by atoms with Crippen molar-refractivity contribution in [2.45, 2.75) is 30.4 Å². The fraction of sp³-hybridized carbons (Fsp3) is 0.462. The Kier molecular flexibility index (Phi) is 3.74. The van der Waals surface area contributed by atoms with E-state index in [0.717, 1.165) is 18.7 Å². The second-order valence-electron chi connectivity index (χ2n) is 4.38. The highest BCUT2D eigenvalue weighted by molar-refractivity contribution is 8.00. The van der Waals surface area contributed by atoms with E-state index in [1.807, 2.05) is 4.90 Å². The first kappa shape index (κ1) is 12.5. The Morgan fingerprint density at radius 2 is 2.35 bits per heavy atom. The number of nitrogens with zero attached hydrogens (tertiary/aromatic N) is 1. The van der Waals surface area contributed by atoms with Crippen LogP contribution in [0.5, 0.6) is 0 Å². The molecule has 0 fully saturated rings. The molecule has 1 aromatic rings. The van der Waals surface area contributed by atoms with Crippen LogP contribution in [-0.2, 0) is 11.2 Å². The first-order valence-corrected chi connectivity index (χ1v) is 6.77. The largest absolute Gasteiger partial charge is 0.329 e. The van der Waals surface area contributed by atoms with E-state index in [2.05, 4.69) is 25.1 Å². The average Bonchev–Trinajstić information content (AvgIpc) is 2.71. The van der Waals surface area contributed by atoms with Crippen LogP contribution in [0.25, 0.3) is 0 Å². The number of hydrogen-bond donors (Lipinski definition) is 1. The van der Waals surface area contributed by atoms with Gasteiger partial charge in [0, 0.05) is 35.8 Å². The van der Waals surface area contributed by atoms with Crippen molar-refractivity contribution in [3.05, 3.63) is 23.8 Å². The van der Waals surface area contributed by atoms with Crippen molar-refractivity contribution in [1.82, 2.24) is 0 Å². The third-order valence-corrected chi connectivity index (χ3v) is 4.12. The normalized spacial score (nSPS) is 15.8. The zero-order valence-corrected chi connectivity index (χ0v) is 11.1. The highest BCUT2D eigenvalue weighted by Gasteiger charge is 2.22. The lowest BCUT2D eigenvalue weighted by molar-refractivity contribution is -0.116.